The predicted molar refractivity (Wildman–Crippen MR) is 64.2 cm³/mol. The molecule has 0 spiro atoms. The van der Waals surface area contributed by atoms with Crippen molar-refractivity contribution in [2.75, 3.05) is 33.2 Å². The Labute approximate surface area is 110 Å². The van der Waals surface area contributed by atoms with Gasteiger partial charge in [0.1, 0.15) is 13.1 Å². The summed E-state index contributed by atoms with van der Waals surface area (Å²) in [7, 11) is 1.48. The fourth-order valence-electron chi connectivity index (χ4n) is 1.75. The molecule has 4 amide bonds. The number of imide groups is 1. The Kier molecular flexibility index (Phi) is 4.85. The van der Waals surface area contributed by atoms with Crippen LogP contribution in [0.5, 0.6) is 0 Å². The maximum atomic E-state index is 11.9. The van der Waals surface area contributed by atoms with E-state index < -0.39 is 23.8 Å². The maximum absolute atomic E-state index is 11.9. The summed E-state index contributed by atoms with van der Waals surface area (Å²) in [6, 6.07) is -0.507. The first-order valence-corrected chi connectivity index (χ1v) is 5.91. The van der Waals surface area contributed by atoms with Crippen LogP contribution >= 0.6 is 0 Å². The fourth-order valence-corrected chi connectivity index (χ4v) is 1.75. The number of nitrogens with zero attached hydrogens (tertiary/aromatic N) is 3. The molecule has 1 aliphatic rings. The molecule has 0 unspecified atom stereocenters. The van der Waals surface area contributed by atoms with Gasteiger partial charge in [-0.25, -0.2) is 4.79 Å². The highest BCUT2D eigenvalue weighted by Gasteiger charge is 2.35. The van der Waals surface area contributed by atoms with Gasteiger partial charge in [0.15, 0.2) is 0 Å². The van der Waals surface area contributed by atoms with Crippen molar-refractivity contribution in [2.24, 2.45) is 0 Å². The lowest BCUT2D eigenvalue weighted by Gasteiger charge is -2.22. The molecule has 1 N–H and O–H groups in total. The van der Waals surface area contributed by atoms with Crippen LogP contribution in [0.1, 0.15) is 13.3 Å². The zero-order valence-electron chi connectivity index (χ0n) is 11.0. The van der Waals surface area contributed by atoms with E-state index in [1.165, 1.54) is 16.8 Å². The third-order valence-corrected chi connectivity index (χ3v) is 2.85. The smallest absolute Gasteiger partial charge is 0.327 e. The second-order valence-corrected chi connectivity index (χ2v) is 4.24. The molecule has 1 heterocycles. The molecule has 0 aromatic rings. The summed E-state index contributed by atoms with van der Waals surface area (Å²) in [6.45, 7) is 1.73. The van der Waals surface area contributed by atoms with Crippen LogP contribution < -0.4 is 0 Å². The van der Waals surface area contributed by atoms with Crippen LogP contribution in [0.15, 0.2) is 0 Å². The largest absolute Gasteiger partial charge is 0.481 e. The van der Waals surface area contributed by atoms with Gasteiger partial charge in [-0.1, -0.05) is 0 Å². The zero-order valence-corrected chi connectivity index (χ0v) is 11.0. The van der Waals surface area contributed by atoms with Gasteiger partial charge in [-0.05, 0) is 6.92 Å². The van der Waals surface area contributed by atoms with E-state index >= 15 is 0 Å². The highest BCUT2D eigenvalue weighted by Crippen LogP contribution is 2.08. The molecular formula is C11H17N3O5. The highest BCUT2D eigenvalue weighted by atomic mass is 16.4. The minimum absolute atomic E-state index is 0.0344. The van der Waals surface area contributed by atoms with Gasteiger partial charge >= 0.3 is 12.0 Å². The van der Waals surface area contributed by atoms with E-state index in [1.807, 2.05) is 0 Å². The number of aliphatic carboxylic acids is 1. The Bertz CT molecular complexity index is 409. The van der Waals surface area contributed by atoms with Crippen LogP contribution in [0.25, 0.3) is 0 Å². The molecule has 0 radical (unpaired) electrons. The van der Waals surface area contributed by atoms with Gasteiger partial charge in [0.25, 0.3) is 5.91 Å². The van der Waals surface area contributed by atoms with Gasteiger partial charge in [-0.3, -0.25) is 19.3 Å². The first-order chi connectivity index (χ1) is 8.86. The summed E-state index contributed by atoms with van der Waals surface area (Å²) in [6.07, 6.45) is -0.165. The van der Waals surface area contributed by atoms with Crippen molar-refractivity contribution in [3.05, 3.63) is 0 Å². The summed E-state index contributed by atoms with van der Waals surface area (Å²) >= 11 is 0. The number of rotatable bonds is 6. The molecule has 1 rings (SSSR count). The number of hydrogen-bond donors (Lipinski definition) is 1. The SMILES string of the molecule is CCN(CCC(=O)O)C(=O)CN1C(=O)CN(C)C1=O. The van der Waals surface area contributed by atoms with Gasteiger partial charge in [0.05, 0.1) is 6.42 Å². The van der Waals surface area contributed by atoms with Gasteiger partial charge in [-0.15, -0.1) is 0 Å². The number of urea groups is 1. The Hall–Kier alpha value is -2.12. The van der Waals surface area contributed by atoms with Gasteiger partial charge in [0, 0.05) is 20.1 Å². The quantitative estimate of drug-likeness (QED) is 0.638. The topological polar surface area (TPSA) is 98.2 Å². The van der Waals surface area contributed by atoms with E-state index in [9.17, 15) is 19.2 Å². The van der Waals surface area contributed by atoms with Crippen molar-refractivity contribution in [1.82, 2.24) is 14.7 Å². The van der Waals surface area contributed by atoms with Gasteiger partial charge in [-0.2, -0.15) is 0 Å². The van der Waals surface area contributed by atoms with Crippen LogP contribution in [0.3, 0.4) is 0 Å². The van der Waals surface area contributed by atoms with Gasteiger partial charge < -0.3 is 14.9 Å². The summed E-state index contributed by atoms with van der Waals surface area (Å²) in [4.78, 5) is 48.9. The Morgan fingerprint density at radius 1 is 1.37 bits per heavy atom. The van der Waals surface area contributed by atoms with E-state index in [0.717, 1.165) is 4.90 Å². The third kappa shape index (κ3) is 3.67. The maximum Gasteiger partial charge on any atom is 0.327 e. The number of hydrogen-bond acceptors (Lipinski definition) is 4. The number of carbonyl (C=O) groups excluding carboxylic acids is 3. The minimum atomic E-state index is -1.00. The van der Waals surface area contributed by atoms with Crippen molar-refractivity contribution in [1.29, 1.82) is 0 Å². The molecule has 1 fully saturated rings. The molecule has 1 aliphatic heterocycles. The van der Waals surface area contributed by atoms with E-state index in [2.05, 4.69) is 0 Å². The number of carbonyl (C=O) groups is 4. The van der Waals surface area contributed by atoms with Crippen LogP contribution in [0.2, 0.25) is 0 Å². The molecular weight excluding hydrogens is 254 g/mol. The van der Waals surface area contributed by atoms with Crippen molar-refractivity contribution in [3.8, 4) is 0 Å². The Balaban J connectivity index is 2.59. The molecule has 1 saturated heterocycles. The molecule has 0 atom stereocenters. The van der Waals surface area contributed by atoms with Gasteiger partial charge in [0.2, 0.25) is 5.91 Å². The number of amides is 4. The summed E-state index contributed by atoms with van der Waals surface area (Å²) in [5, 5.41) is 8.58. The Morgan fingerprint density at radius 2 is 2.00 bits per heavy atom. The molecule has 8 heteroatoms. The van der Waals surface area contributed by atoms with E-state index in [1.54, 1.807) is 6.92 Å². The molecule has 0 bridgehead atoms. The second-order valence-electron chi connectivity index (χ2n) is 4.24. The first-order valence-electron chi connectivity index (χ1n) is 5.91. The molecule has 8 nitrogen and oxygen atoms in total. The van der Waals surface area contributed by atoms with Crippen molar-refractivity contribution >= 4 is 23.8 Å². The van der Waals surface area contributed by atoms with Crippen molar-refractivity contribution < 1.29 is 24.3 Å². The molecule has 106 valence electrons. The van der Waals surface area contributed by atoms with E-state index in [0.29, 0.717) is 6.54 Å². The molecule has 19 heavy (non-hydrogen) atoms. The minimum Gasteiger partial charge on any atom is -0.481 e. The Morgan fingerprint density at radius 3 is 2.42 bits per heavy atom. The number of carboxylic acids is 1. The average Bonchev–Trinajstić information content (AvgIpc) is 2.56. The molecule has 0 aromatic carbocycles. The standard InChI is InChI=1S/C11H17N3O5/c1-3-13(5-4-10(17)18)8(15)7-14-9(16)6-12(2)11(14)19/h3-7H2,1-2H3,(H,17,18). The fraction of sp³-hybridized carbons (Fsp3) is 0.636. The first kappa shape index (κ1) is 14.9. The third-order valence-electron chi connectivity index (χ3n) is 2.85. The zero-order chi connectivity index (χ0) is 14.6. The van der Waals surface area contributed by atoms with E-state index in [-0.39, 0.29) is 26.1 Å². The van der Waals surface area contributed by atoms with Crippen molar-refractivity contribution in [2.45, 2.75) is 13.3 Å². The van der Waals surface area contributed by atoms with Crippen molar-refractivity contribution in [3.63, 3.8) is 0 Å². The van der Waals surface area contributed by atoms with Crippen LogP contribution in [0, 0.1) is 0 Å². The predicted octanol–water partition coefficient (Wildman–Crippen LogP) is -0.796. The highest BCUT2D eigenvalue weighted by molar-refractivity contribution is 6.04. The average molecular weight is 271 g/mol. The summed E-state index contributed by atoms with van der Waals surface area (Å²) in [5.74, 6) is -1.85. The molecule has 0 saturated carbocycles. The number of likely N-dealkylation sites (N-methyl/N-ethyl adjacent to an activating group) is 2. The lowest BCUT2D eigenvalue weighted by molar-refractivity contribution is -0.140. The molecule has 0 aromatic heterocycles. The van der Waals surface area contributed by atoms with E-state index in [4.69, 9.17) is 5.11 Å². The normalized spacial score (nSPS) is 15.1. The summed E-state index contributed by atoms with van der Waals surface area (Å²) < 4.78 is 0. The number of carboxylic acid groups (broad SMARTS) is 1. The monoisotopic (exact) mass is 271 g/mol. The summed E-state index contributed by atoms with van der Waals surface area (Å²) in [5.41, 5.74) is 0. The second kappa shape index (κ2) is 6.17. The lowest BCUT2D eigenvalue weighted by Crippen LogP contribution is -2.43. The molecule has 0 aliphatic carbocycles. The lowest BCUT2D eigenvalue weighted by atomic mass is 10.3. The van der Waals surface area contributed by atoms with Crippen LogP contribution in [-0.2, 0) is 14.4 Å². The van der Waals surface area contributed by atoms with Crippen LogP contribution in [0.4, 0.5) is 4.79 Å². The van der Waals surface area contributed by atoms with Crippen LogP contribution in [-0.4, -0.2) is 76.8 Å².